The highest BCUT2D eigenvalue weighted by Gasteiger charge is 2.31. The van der Waals surface area contributed by atoms with Crippen LogP contribution in [0.25, 0.3) is 0 Å². The minimum absolute atomic E-state index is 0.342. The number of hydrogen-bond donors (Lipinski definition) is 1. The van der Waals surface area contributed by atoms with Gasteiger partial charge < -0.3 is 10.2 Å². The molecular formula is C15H26N2O. The van der Waals surface area contributed by atoms with E-state index in [-0.39, 0.29) is 0 Å². The van der Waals surface area contributed by atoms with Gasteiger partial charge in [-0.2, -0.15) is 0 Å². The largest absolute Gasteiger partial charge is 0.465 e. The summed E-state index contributed by atoms with van der Waals surface area (Å²) in [5.74, 6) is 2.04. The molecule has 1 aromatic heterocycles. The molecule has 2 N–H and O–H groups in total. The maximum absolute atomic E-state index is 6.03. The highest BCUT2D eigenvalue weighted by Crippen LogP contribution is 2.36. The third-order valence-corrected chi connectivity index (χ3v) is 4.17. The van der Waals surface area contributed by atoms with Gasteiger partial charge in [-0.15, -0.1) is 0 Å². The van der Waals surface area contributed by atoms with E-state index in [0.717, 1.165) is 31.2 Å². The first-order valence-corrected chi connectivity index (χ1v) is 7.07. The Morgan fingerprint density at radius 1 is 1.28 bits per heavy atom. The summed E-state index contributed by atoms with van der Waals surface area (Å²) < 4.78 is 5.64. The summed E-state index contributed by atoms with van der Waals surface area (Å²) in [6.07, 6.45) is 6.62. The molecule has 0 atom stereocenters. The predicted molar refractivity (Wildman–Crippen MR) is 74.4 cm³/mol. The van der Waals surface area contributed by atoms with Gasteiger partial charge in [0.2, 0.25) is 0 Å². The van der Waals surface area contributed by atoms with Crippen LogP contribution in [-0.4, -0.2) is 25.0 Å². The molecule has 1 saturated carbocycles. The van der Waals surface area contributed by atoms with E-state index in [1.165, 1.54) is 32.1 Å². The minimum Gasteiger partial charge on any atom is -0.465 e. The van der Waals surface area contributed by atoms with Gasteiger partial charge >= 0.3 is 0 Å². The third-order valence-electron chi connectivity index (χ3n) is 4.17. The van der Waals surface area contributed by atoms with Crippen molar-refractivity contribution in [2.75, 3.05) is 20.1 Å². The van der Waals surface area contributed by atoms with Crippen LogP contribution in [0.4, 0.5) is 0 Å². The van der Waals surface area contributed by atoms with Gasteiger partial charge in [0.25, 0.3) is 0 Å². The average molecular weight is 250 g/mol. The molecule has 0 radical (unpaired) electrons. The van der Waals surface area contributed by atoms with Crippen molar-refractivity contribution >= 4 is 0 Å². The summed E-state index contributed by atoms with van der Waals surface area (Å²) >= 11 is 0. The fraction of sp³-hybridized carbons (Fsp3) is 0.733. The lowest BCUT2D eigenvalue weighted by molar-refractivity contribution is 0.119. The van der Waals surface area contributed by atoms with Crippen LogP contribution in [-0.2, 0) is 6.54 Å². The van der Waals surface area contributed by atoms with Crippen molar-refractivity contribution in [3.8, 4) is 0 Å². The first-order chi connectivity index (χ1) is 8.63. The first-order valence-electron chi connectivity index (χ1n) is 7.07. The van der Waals surface area contributed by atoms with Crippen LogP contribution in [0.3, 0.4) is 0 Å². The van der Waals surface area contributed by atoms with Crippen LogP contribution in [0.5, 0.6) is 0 Å². The van der Waals surface area contributed by atoms with Crippen LogP contribution in [0.15, 0.2) is 16.5 Å². The topological polar surface area (TPSA) is 42.4 Å². The van der Waals surface area contributed by atoms with Crippen molar-refractivity contribution in [3.63, 3.8) is 0 Å². The molecule has 1 fully saturated rings. The Bertz CT molecular complexity index is 366. The molecule has 0 amide bonds. The van der Waals surface area contributed by atoms with E-state index < -0.39 is 0 Å². The van der Waals surface area contributed by atoms with Gasteiger partial charge in [-0.1, -0.05) is 19.3 Å². The quantitative estimate of drug-likeness (QED) is 0.873. The summed E-state index contributed by atoms with van der Waals surface area (Å²) in [7, 11) is 2.17. The Balaban J connectivity index is 1.90. The van der Waals surface area contributed by atoms with Crippen molar-refractivity contribution in [3.05, 3.63) is 23.7 Å². The van der Waals surface area contributed by atoms with E-state index in [2.05, 4.69) is 18.0 Å². The molecule has 0 saturated heterocycles. The average Bonchev–Trinajstić information content (AvgIpc) is 2.75. The van der Waals surface area contributed by atoms with Crippen molar-refractivity contribution in [2.45, 2.75) is 45.6 Å². The first kappa shape index (κ1) is 13.6. The van der Waals surface area contributed by atoms with Crippen molar-refractivity contribution in [2.24, 2.45) is 11.1 Å². The number of nitrogens with two attached hydrogens (primary N) is 1. The summed E-state index contributed by atoms with van der Waals surface area (Å²) in [5, 5.41) is 0. The molecule has 3 heteroatoms. The lowest BCUT2D eigenvalue weighted by atomic mass is 9.74. The predicted octanol–water partition coefficient (Wildman–Crippen LogP) is 2.93. The number of nitrogens with zero attached hydrogens (tertiary/aromatic N) is 1. The fourth-order valence-corrected chi connectivity index (χ4v) is 3.19. The van der Waals surface area contributed by atoms with Crippen LogP contribution < -0.4 is 5.73 Å². The Morgan fingerprint density at radius 3 is 2.56 bits per heavy atom. The van der Waals surface area contributed by atoms with E-state index in [4.69, 9.17) is 10.2 Å². The van der Waals surface area contributed by atoms with Gasteiger partial charge in [-0.3, -0.25) is 4.90 Å². The van der Waals surface area contributed by atoms with Crippen molar-refractivity contribution < 1.29 is 4.42 Å². The highest BCUT2D eigenvalue weighted by molar-refractivity contribution is 5.05. The number of hydrogen-bond acceptors (Lipinski definition) is 3. The van der Waals surface area contributed by atoms with Gasteiger partial charge in [0.1, 0.15) is 11.5 Å². The van der Waals surface area contributed by atoms with Gasteiger partial charge in [0.05, 0.1) is 6.54 Å². The van der Waals surface area contributed by atoms with Crippen molar-refractivity contribution in [1.82, 2.24) is 4.90 Å². The minimum atomic E-state index is 0.342. The molecule has 1 aliphatic rings. The zero-order valence-electron chi connectivity index (χ0n) is 11.7. The molecule has 102 valence electrons. The Kier molecular flexibility index (Phi) is 4.46. The van der Waals surface area contributed by atoms with Crippen LogP contribution >= 0.6 is 0 Å². The van der Waals surface area contributed by atoms with Gasteiger partial charge in [0, 0.05) is 6.54 Å². The summed E-state index contributed by atoms with van der Waals surface area (Å²) in [6, 6.07) is 4.10. The Labute approximate surface area is 110 Å². The van der Waals surface area contributed by atoms with E-state index in [1.807, 2.05) is 13.0 Å². The van der Waals surface area contributed by atoms with Crippen molar-refractivity contribution in [1.29, 1.82) is 0 Å². The molecule has 2 rings (SSSR count). The zero-order valence-corrected chi connectivity index (χ0v) is 11.7. The molecule has 1 heterocycles. The summed E-state index contributed by atoms with van der Waals surface area (Å²) in [6.45, 7) is 4.78. The lowest BCUT2D eigenvalue weighted by Gasteiger charge is -2.39. The Morgan fingerprint density at radius 2 is 2.00 bits per heavy atom. The second-order valence-electron chi connectivity index (χ2n) is 5.95. The maximum Gasteiger partial charge on any atom is 0.118 e. The summed E-state index contributed by atoms with van der Waals surface area (Å²) in [4.78, 5) is 2.36. The van der Waals surface area contributed by atoms with E-state index >= 15 is 0 Å². The van der Waals surface area contributed by atoms with E-state index in [9.17, 15) is 0 Å². The van der Waals surface area contributed by atoms with Gasteiger partial charge in [-0.25, -0.2) is 0 Å². The smallest absolute Gasteiger partial charge is 0.118 e. The molecule has 0 aromatic carbocycles. The normalized spacial score (nSPS) is 19.3. The molecule has 0 unspecified atom stereocenters. The highest BCUT2D eigenvalue weighted by atomic mass is 16.3. The summed E-state index contributed by atoms with van der Waals surface area (Å²) in [5.41, 5.74) is 6.38. The lowest BCUT2D eigenvalue weighted by Crippen LogP contribution is -2.42. The van der Waals surface area contributed by atoms with Gasteiger partial charge in [-0.05, 0) is 50.9 Å². The Hall–Kier alpha value is -0.800. The second-order valence-corrected chi connectivity index (χ2v) is 5.95. The molecular weight excluding hydrogens is 224 g/mol. The molecule has 1 aliphatic carbocycles. The van der Waals surface area contributed by atoms with Crippen LogP contribution in [0.2, 0.25) is 0 Å². The number of aryl methyl sites for hydroxylation is 1. The van der Waals surface area contributed by atoms with E-state index in [0.29, 0.717) is 5.41 Å². The maximum atomic E-state index is 6.03. The molecule has 1 aromatic rings. The van der Waals surface area contributed by atoms with Crippen LogP contribution in [0.1, 0.15) is 43.6 Å². The van der Waals surface area contributed by atoms with E-state index in [1.54, 1.807) is 0 Å². The van der Waals surface area contributed by atoms with Gasteiger partial charge in [0.15, 0.2) is 0 Å². The SMILES string of the molecule is Cc1ccc(CN(C)CC2(CN)CCCCC2)o1. The standard InChI is InChI=1S/C15H26N2O/c1-13-6-7-14(18-13)10-17(2)12-15(11-16)8-4-3-5-9-15/h6-7H,3-5,8-12,16H2,1-2H3. The zero-order chi connectivity index (χ0) is 13.0. The van der Waals surface area contributed by atoms with Crippen LogP contribution in [0, 0.1) is 12.3 Å². The second kappa shape index (κ2) is 5.89. The molecule has 18 heavy (non-hydrogen) atoms. The number of furan rings is 1. The third kappa shape index (κ3) is 3.36. The molecule has 0 aliphatic heterocycles. The molecule has 0 spiro atoms. The molecule has 3 nitrogen and oxygen atoms in total. The monoisotopic (exact) mass is 250 g/mol. The fourth-order valence-electron chi connectivity index (χ4n) is 3.19. The molecule has 0 bridgehead atoms. The number of rotatable bonds is 5.